The van der Waals surface area contributed by atoms with Crippen LogP contribution in [0.15, 0.2) is 48.5 Å². The van der Waals surface area contributed by atoms with Crippen molar-refractivity contribution in [3.63, 3.8) is 0 Å². The summed E-state index contributed by atoms with van der Waals surface area (Å²) in [7, 11) is 0. The first-order valence-corrected chi connectivity index (χ1v) is 10.9. The summed E-state index contributed by atoms with van der Waals surface area (Å²) < 4.78 is 0. The Morgan fingerprint density at radius 3 is 0.893 bits per heavy atom. The highest BCUT2D eigenvalue weighted by atomic mass is 15.3. The SMILES string of the molecule is c1cc2cc(c1)CN1CCN(CC1)Cc1cccc(c1)CN1CCN(CC1)C2. The first-order valence-electron chi connectivity index (χ1n) is 10.9. The minimum Gasteiger partial charge on any atom is -0.297 e. The lowest BCUT2D eigenvalue weighted by Crippen LogP contribution is -2.46. The molecular formula is C24H32N4. The largest absolute Gasteiger partial charge is 0.297 e. The van der Waals surface area contributed by atoms with E-state index in [-0.39, 0.29) is 0 Å². The molecular weight excluding hydrogens is 344 g/mol. The van der Waals surface area contributed by atoms with Gasteiger partial charge in [-0.3, -0.25) is 19.6 Å². The van der Waals surface area contributed by atoms with Crippen molar-refractivity contribution in [2.45, 2.75) is 26.2 Å². The molecule has 6 aliphatic heterocycles. The summed E-state index contributed by atoms with van der Waals surface area (Å²) in [6.45, 7) is 13.7. The number of hydrogen-bond donors (Lipinski definition) is 0. The number of hydrogen-bond acceptors (Lipinski definition) is 4. The van der Waals surface area contributed by atoms with Gasteiger partial charge in [0, 0.05) is 78.5 Å². The maximum atomic E-state index is 2.62. The first-order chi connectivity index (χ1) is 13.8. The minimum absolute atomic E-state index is 1.09. The molecule has 0 unspecified atom stereocenters. The normalized spacial score (nSPS) is 30.6. The topological polar surface area (TPSA) is 13.0 Å². The van der Waals surface area contributed by atoms with E-state index < -0.39 is 0 Å². The van der Waals surface area contributed by atoms with Gasteiger partial charge in [0.15, 0.2) is 0 Å². The van der Waals surface area contributed by atoms with Crippen LogP contribution in [0.2, 0.25) is 0 Å². The van der Waals surface area contributed by atoms with Crippen LogP contribution in [0, 0.1) is 0 Å². The molecule has 2 saturated heterocycles. The van der Waals surface area contributed by atoms with Crippen LogP contribution in [0.1, 0.15) is 22.3 Å². The van der Waals surface area contributed by atoms with Gasteiger partial charge in [-0.25, -0.2) is 0 Å². The molecule has 2 fully saturated rings. The molecule has 28 heavy (non-hydrogen) atoms. The highest BCUT2D eigenvalue weighted by molar-refractivity contribution is 5.25. The predicted octanol–water partition coefficient (Wildman–Crippen LogP) is 2.64. The van der Waals surface area contributed by atoms with Crippen molar-refractivity contribution >= 4 is 0 Å². The van der Waals surface area contributed by atoms with Crippen LogP contribution in [0.4, 0.5) is 0 Å². The van der Waals surface area contributed by atoms with Crippen LogP contribution < -0.4 is 0 Å². The molecule has 0 aliphatic carbocycles. The van der Waals surface area contributed by atoms with E-state index in [1.54, 1.807) is 0 Å². The van der Waals surface area contributed by atoms with E-state index in [1.807, 2.05) is 0 Å². The minimum atomic E-state index is 1.09. The molecule has 0 aromatic heterocycles. The van der Waals surface area contributed by atoms with Crippen molar-refractivity contribution < 1.29 is 0 Å². The Kier molecular flexibility index (Phi) is 5.45. The summed E-state index contributed by atoms with van der Waals surface area (Å²) in [5.74, 6) is 0. The van der Waals surface area contributed by atoms with Gasteiger partial charge in [0.2, 0.25) is 0 Å². The third kappa shape index (κ3) is 4.47. The molecule has 4 heteroatoms. The molecule has 8 bridgehead atoms. The maximum Gasteiger partial charge on any atom is 0.0234 e. The Hall–Kier alpha value is -1.72. The number of piperazine rings is 2. The van der Waals surface area contributed by atoms with E-state index in [0.717, 1.165) is 26.2 Å². The van der Waals surface area contributed by atoms with Gasteiger partial charge in [0.05, 0.1) is 0 Å². The molecule has 0 radical (unpaired) electrons. The Balaban J connectivity index is 1.37. The zero-order valence-corrected chi connectivity index (χ0v) is 16.9. The Morgan fingerprint density at radius 2 is 0.643 bits per heavy atom. The molecule has 0 amide bonds. The van der Waals surface area contributed by atoms with Crippen LogP contribution in [-0.2, 0) is 26.2 Å². The molecule has 4 nitrogen and oxygen atoms in total. The van der Waals surface area contributed by atoms with Crippen LogP contribution in [0.5, 0.6) is 0 Å². The van der Waals surface area contributed by atoms with Crippen LogP contribution >= 0.6 is 0 Å². The second-order valence-electron chi connectivity index (χ2n) is 8.74. The highest BCUT2D eigenvalue weighted by Gasteiger charge is 2.20. The predicted molar refractivity (Wildman–Crippen MR) is 114 cm³/mol. The summed E-state index contributed by atoms with van der Waals surface area (Å²) in [5.41, 5.74) is 5.88. The van der Waals surface area contributed by atoms with E-state index in [9.17, 15) is 0 Å². The van der Waals surface area contributed by atoms with Gasteiger partial charge in [-0.2, -0.15) is 0 Å². The highest BCUT2D eigenvalue weighted by Crippen LogP contribution is 2.17. The third-order valence-corrected chi connectivity index (χ3v) is 6.54. The van der Waals surface area contributed by atoms with E-state index in [2.05, 4.69) is 68.1 Å². The van der Waals surface area contributed by atoms with Crippen LogP contribution in [-0.4, -0.2) is 72.0 Å². The van der Waals surface area contributed by atoms with E-state index in [4.69, 9.17) is 0 Å². The summed E-state index contributed by atoms with van der Waals surface area (Å²) in [4.78, 5) is 10.5. The van der Waals surface area contributed by atoms with Crippen molar-refractivity contribution in [1.82, 2.24) is 19.6 Å². The molecule has 0 saturated carbocycles. The maximum absolute atomic E-state index is 2.62. The number of rotatable bonds is 0. The standard InChI is InChI=1S/C24H32N4/c1-3-21-15-22(4-1)18-26-9-13-28(14-10-26)20-24-6-2-5-23(16-24)19-27-11-7-25(17-21)8-12-27/h1-6,15-16H,7-14,17-20H2. The quantitative estimate of drug-likeness (QED) is 0.701. The fourth-order valence-electron chi connectivity index (χ4n) is 4.90. The van der Waals surface area contributed by atoms with Gasteiger partial charge >= 0.3 is 0 Å². The van der Waals surface area contributed by atoms with Gasteiger partial charge in [-0.15, -0.1) is 0 Å². The van der Waals surface area contributed by atoms with Crippen molar-refractivity contribution in [1.29, 1.82) is 0 Å². The average Bonchev–Trinajstić information content (AvgIpc) is 2.71. The number of benzene rings is 2. The molecule has 8 rings (SSSR count). The molecule has 2 aromatic carbocycles. The summed E-state index contributed by atoms with van der Waals surface area (Å²) in [6.07, 6.45) is 0. The molecule has 6 aliphatic rings. The Bertz CT molecular complexity index is 663. The van der Waals surface area contributed by atoms with Crippen LogP contribution in [0.3, 0.4) is 0 Å². The smallest absolute Gasteiger partial charge is 0.0234 e. The van der Waals surface area contributed by atoms with E-state index in [1.165, 1.54) is 74.6 Å². The molecule has 6 heterocycles. The fourth-order valence-corrected chi connectivity index (χ4v) is 4.90. The first kappa shape index (κ1) is 18.3. The monoisotopic (exact) mass is 376 g/mol. The third-order valence-electron chi connectivity index (χ3n) is 6.54. The van der Waals surface area contributed by atoms with Gasteiger partial charge in [0.1, 0.15) is 0 Å². The Labute approximate surface area is 169 Å². The van der Waals surface area contributed by atoms with Crippen molar-refractivity contribution in [2.24, 2.45) is 0 Å². The lowest BCUT2D eigenvalue weighted by Gasteiger charge is -2.36. The summed E-state index contributed by atoms with van der Waals surface area (Å²) in [6, 6.07) is 18.6. The second-order valence-corrected chi connectivity index (χ2v) is 8.74. The molecule has 0 spiro atoms. The van der Waals surface area contributed by atoms with Gasteiger partial charge in [0.25, 0.3) is 0 Å². The van der Waals surface area contributed by atoms with Crippen molar-refractivity contribution in [3.8, 4) is 0 Å². The number of nitrogens with zero attached hydrogens (tertiary/aromatic N) is 4. The average molecular weight is 377 g/mol. The zero-order chi connectivity index (χ0) is 18.8. The van der Waals surface area contributed by atoms with Gasteiger partial charge in [-0.1, -0.05) is 48.5 Å². The fraction of sp³-hybridized carbons (Fsp3) is 0.500. The second kappa shape index (κ2) is 8.34. The van der Waals surface area contributed by atoms with Gasteiger partial charge in [-0.05, 0) is 22.3 Å². The lowest BCUT2D eigenvalue weighted by atomic mass is 10.1. The van der Waals surface area contributed by atoms with Crippen molar-refractivity contribution in [3.05, 3.63) is 70.8 Å². The lowest BCUT2D eigenvalue weighted by molar-refractivity contribution is 0.119. The zero-order valence-electron chi connectivity index (χ0n) is 16.9. The van der Waals surface area contributed by atoms with E-state index >= 15 is 0 Å². The molecule has 0 atom stereocenters. The van der Waals surface area contributed by atoms with Crippen LogP contribution in [0.25, 0.3) is 0 Å². The van der Waals surface area contributed by atoms with E-state index in [0.29, 0.717) is 0 Å². The molecule has 2 aromatic rings. The van der Waals surface area contributed by atoms with Crippen molar-refractivity contribution in [2.75, 3.05) is 52.4 Å². The molecule has 148 valence electrons. The van der Waals surface area contributed by atoms with Gasteiger partial charge < -0.3 is 0 Å². The summed E-state index contributed by atoms with van der Waals surface area (Å²) >= 11 is 0. The molecule has 0 N–H and O–H groups in total. The Morgan fingerprint density at radius 1 is 0.393 bits per heavy atom. The summed E-state index contributed by atoms with van der Waals surface area (Å²) in [5, 5.41) is 0.